The molecule has 0 spiro atoms. The molecule has 0 heterocycles. The van der Waals surface area contributed by atoms with E-state index < -0.39 is 12.1 Å². The topological polar surface area (TPSA) is 76.7 Å². The lowest BCUT2D eigenvalue weighted by atomic mass is 10.0. The maximum atomic E-state index is 10.6. The van der Waals surface area contributed by atoms with Gasteiger partial charge in [-0.05, 0) is 59.9 Å². The van der Waals surface area contributed by atoms with Crippen LogP contribution in [0.15, 0.2) is 49.1 Å². The molecule has 0 bridgehead atoms. The Kier molecular flexibility index (Phi) is 8.17. The van der Waals surface area contributed by atoms with Crippen molar-refractivity contribution in [3.05, 3.63) is 75.8 Å². The fraction of sp³-hybridized carbons (Fsp3) is 0.391. The summed E-state index contributed by atoms with van der Waals surface area (Å²) in [7, 11) is 1.65. The molecular weight excluding hydrogens is 423 g/mol. The van der Waals surface area contributed by atoms with Gasteiger partial charge < -0.3 is 25.6 Å². The lowest BCUT2D eigenvalue weighted by molar-refractivity contribution is 0.0678. The van der Waals surface area contributed by atoms with Crippen LogP contribution in [0.3, 0.4) is 0 Å². The molecule has 1 aliphatic rings. The van der Waals surface area contributed by atoms with E-state index in [2.05, 4.69) is 11.9 Å². The van der Waals surface area contributed by atoms with E-state index in [0.29, 0.717) is 29.6 Å². The summed E-state index contributed by atoms with van der Waals surface area (Å²) in [4.78, 5) is 0. The molecule has 2 aromatic rings. The predicted octanol–water partition coefficient (Wildman–Crippen LogP) is 4.21. The van der Waals surface area contributed by atoms with Gasteiger partial charge in [0.2, 0.25) is 0 Å². The number of aliphatic hydroxyl groups excluding tert-OH is 1. The number of rotatable bonds is 10. The van der Waals surface area contributed by atoms with Crippen LogP contribution >= 0.6 is 23.2 Å². The lowest BCUT2D eigenvalue weighted by Gasteiger charge is -2.22. The number of benzene rings is 2. The summed E-state index contributed by atoms with van der Waals surface area (Å²) >= 11 is 12.1. The molecule has 0 aromatic heterocycles. The third kappa shape index (κ3) is 5.76. The van der Waals surface area contributed by atoms with E-state index >= 15 is 0 Å². The molecule has 7 heteroatoms. The number of aliphatic hydroxyl groups is 1. The smallest absolute Gasteiger partial charge is 0.119 e. The zero-order chi connectivity index (χ0) is 21.7. The number of halogens is 2. The van der Waals surface area contributed by atoms with Gasteiger partial charge in [0, 0.05) is 28.7 Å². The average molecular weight is 451 g/mol. The van der Waals surface area contributed by atoms with Crippen molar-refractivity contribution in [1.29, 1.82) is 0 Å². The summed E-state index contributed by atoms with van der Waals surface area (Å²) in [5.74, 6) is 0.792. The van der Waals surface area contributed by atoms with E-state index in [1.807, 2.05) is 30.3 Å². The Balaban J connectivity index is 1.63. The largest absolute Gasteiger partial charge is 0.497 e. The van der Waals surface area contributed by atoms with Gasteiger partial charge in [0.05, 0.1) is 25.9 Å². The number of ether oxygens (including phenoxy) is 2. The van der Waals surface area contributed by atoms with Gasteiger partial charge in [0.25, 0.3) is 0 Å². The minimum Gasteiger partial charge on any atom is -0.497 e. The highest BCUT2D eigenvalue weighted by Gasteiger charge is 2.32. The van der Waals surface area contributed by atoms with E-state index in [9.17, 15) is 5.11 Å². The first-order chi connectivity index (χ1) is 14.4. The van der Waals surface area contributed by atoms with Crippen LogP contribution in [0.25, 0.3) is 0 Å². The number of hydrogen-bond donors (Lipinski definition) is 3. The molecule has 4 N–H and O–H groups in total. The molecule has 4 atom stereocenters. The molecule has 0 radical (unpaired) electrons. The van der Waals surface area contributed by atoms with Gasteiger partial charge in [-0.2, -0.15) is 0 Å². The zero-order valence-corrected chi connectivity index (χ0v) is 18.5. The second kappa shape index (κ2) is 10.6. The predicted molar refractivity (Wildman–Crippen MR) is 121 cm³/mol. The second-order valence-electron chi connectivity index (χ2n) is 7.52. The molecule has 162 valence electrons. The molecule has 0 unspecified atom stereocenters. The normalized spacial score (nSPS) is 19.9. The highest BCUT2D eigenvalue weighted by Crippen LogP contribution is 2.42. The summed E-state index contributed by atoms with van der Waals surface area (Å²) in [5.41, 5.74) is 9.38. The third-order valence-electron chi connectivity index (χ3n) is 5.34. The number of hydrogen-bond acceptors (Lipinski definition) is 5. The van der Waals surface area contributed by atoms with E-state index in [-0.39, 0.29) is 12.1 Å². The van der Waals surface area contributed by atoms with Crippen molar-refractivity contribution in [1.82, 2.24) is 5.32 Å². The van der Waals surface area contributed by atoms with Crippen LogP contribution in [-0.4, -0.2) is 37.5 Å². The van der Waals surface area contributed by atoms with Crippen LogP contribution in [0, 0.1) is 0 Å². The molecule has 0 aliphatic heterocycles. The number of nitrogens with two attached hydrogens (primary N) is 1. The van der Waals surface area contributed by atoms with Crippen molar-refractivity contribution in [2.24, 2.45) is 5.73 Å². The Labute approximate surface area is 187 Å². The average Bonchev–Trinajstić information content (AvgIpc) is 3.06. The molecular formula is C23H28Cl2N2O3. The Morgan fingerprint density at radius 3 is 2.63 bits per heavy atom. The van der Waals surface area contributed by atoms with E-state index in [1.165, 1.54) is 0 Å². The minimum atomic E-state index is -0.732. The van der Waals surface area contributed by atoms with Gasteiger partial charge in [0.1, 0.15) is 5.75 Å². The van der Waals surface area contributed by atoms with Crippen LogP contribution in [-0.2, 0) is 11.2 Å². The van der Waals surface area contributed by atoms with Crippen molar-refractivity contribution < 1.29 is 14.6 Å². The highest BCUT2D eigenvalue weighted by molar-refractivity contribution is 6.34. The fourth-order valence-corrected chi connectivity index (χ4v) is 4.40. The maximum absolute atomic E-state index is 10.6. The molecule has 5 nitrogen and oxygen atoms in total. The van der Waals surface area contributed by atoms with Crippen molar-refractivity contribution in [3.63, 3.8) is 0 Å². The Morgan fingerprint density at radius 2 is 1.97 bits per heavy atom. The van der Waals surface area contributed by atoms with Crippen molar-refractivity contribution in [2.45, 2.75) is 37.1 Å². The van der Waals surface area contributed by atoms with Gasteiger partial charge in [-0.25, -0.2) is 0 Å². The van der Waals surface area contributed by atoms with Crippen LogP contribution < -0.4 is 15.8 Å². The summed E-state index contributed by atoms with van der Waals surface area (Å²) in [5, 5.41) is 15.2. The van der Waals surface area contributed by atoms with E-state index in [4.69, 9.17) is 38.4 Å². The first-order valence-corrected chi connectivity index (χ1v) is 10.7. The minimum absolute atomic E-state index is 0.0270. The van der Waals surface area contributed by atoms with Gasteiger partial charge in [-0.3, -0.25) is 0 Å². The Hall–Kier alpha value is -1.60. The first kappa shape index (κ1) is 23.1. The summed E-state index contributed by atoms with van der Waals surface area (Å²) in [6, 6.07) is 10.9. The van der Waals surface area contributed by atoms with E-state index in [0.717, 1.165) is 28.9 Å². The SMILES string of the molecule is C=CCO[C@@H]1C[C@H](NC[C@@H](O)[C@@H](N)Cc2cc(Cl)cc(Cl)c2)c2cc(OC)ccc21. The van der Waals surface area contributed by atoms with Crippen molar-refractivity contribution in [3.8, 4) is 5.75 Å². The number of methoxy groups -OCH3 is 1. The van der Waals surface area contributed by atoms with Crippen LogP contribution in [0.2, 0.25) is 10.0 Å². The van der Waals surface area contributed by atoms with Gasteiger partial charge >= 0.3 is 0 Å². The maximum Gasteiger partial charge on any atom is 0.119 e. The van der Waals surface area contributed by atoms with E-state index in [1.54, 1.807) is 19.3 Å². The Morgan fingerprint density at radius 1 is 1.23 bits per heavy atom. The van der Waals surface area contributed by atoms with Crippen LogP contribution in [0.1, 0.15) is 35.3 Å². The van der Waals surface area contributed by atoms with Gasteiger partial charge in [-0.1, -0.05) is 35.3 Å². The van der Waals surface area contributed by atoms with Crippen molar-refractivity contribution in [2.75, 3.05) is 20.3 Å². The summed E-state index contributed by atoms with van der Waals surface area (Å²) in [6.45, 7) is 4.56. The number of fused-ring (bicyclic) bond motifs is 1. The zero-order valence-electron chi connectivity index (χ0n) is 17.0. The molecule has 0 saturated heterocycles. The third-order valence-corrected chi connectivity index (χ3v) is 5.78. The molecule has 30 heavy (non-hydrogen) atoms. The molecule has 0 fully saturated rings. The van der Waals surface area contributed by atoms with Crippen LogP contribution in [0.5, 0.6) is 5.75 Å². The lowest BCUT2D eigenvalue weighted by Crippen LogP contribution is -2.43. The second-order valence-corrected chi connectivity index (χ2v) is 8.39. The fourth-order valence-electron chi connectivity index (χ4n) is 3.83. The first-order valence-electron chi connectivity index (χ1n) is 9.93. The monoisotopic (exact) mass is 450 g/mol. The standard InChI is InChI=1S/C23H28Cl2N2O3/c1-3-6-30-23-12-21(19-11-17(29-2)4-5-18(19)23)27-13-22(28)20(26)9-14-7-15(24)10-16(25)8-14/h3-5,7-8,10-11,20-23,27-28H,1,6,9,12-13,26H2,2H3/t20-,21-,22+,23+/m0/s1. The summed E-state index contributed by atoms with van der Waals surface area (Å²) in [6.07, 6.45) is 2.23. The van der Waals surface area contributed by atoms with Crippen molar-refractivity contribution >= 4 is 23.2 Å². The number of nitrogens with one attached hydrogen (secondary N) is 1. The van der Waals surface area contributed by atoms with Gasteiger partial charge in [-0.15, -0.1) is 6.58 Å². The molecule has 3 rings (SSSR count). The molecule has 2 aromatic carbocycles. The highest BCUT2D eigenvalue weighted by atomic mass is 35.5. The van der Waals surface area contributed by atoms with Gasteiger partial charge in [0.15, 0.2) is 0 Å². The van der Waals surface area contributed by atoms with Crippen LogP contribution in [0.4, 0.5) is 0 Å². The summed E-state index contributed by atoms with van der Waals surface area (Å²) < 4.78 is 11.3. The molecule has 1 aliphatic carbocycles. The Bertz CT molecular complexity index is 857. The quantitative estimate of drug-likeness (QED) is 0.472. The molecule has 0 saturated carbocycles. The molecule has 0 amide bonds.